The third kappa shape index (κ3) is 5.30. The molecule has 0 N–H and O–H groups in total. The second-order valence-corrected chi connectivity index (χ2v) is 10.9. The van der Waals surface area contributed by atoms with Gasteiger partial charge in [-0.1, -0.05) is 13.8 Å². The molecule has 3 heterocycles. The van der Waals surface area contributed by atoms with Crippen molar-refractivity contribution >= 4 is 6.09 Å². The lowest BCUT2D eigenvalue weighted by Gasteiger charge is -2.47. The van der Waals surface area contributed by atoms with Crippen LogP contribution in [0.3, 0.4) is 0 Å². The fraction of sp³-hybridized carbons (Fsp3) is 0.741. The summed E-state index contributed by atoms with van der Waals surface area (Å²) in [5.41, 5.74) is 2.69. The van der Waals surface area contributed by atoms with Crippen molar-refractivity contribution in [2.45, 2.75) is 52.1 Å². The first-order chi connectivity index (χ1) is 16.3. The zero-order valence-corrected chi connectivity index (χ0v) is 21.9. The fourth-order valence-corrected chi connectivity index (χ4v) is 6.25. The van der Waals surface area contributed by atoms with Gasteiger partial charge in [-0.3, -0.25) is 4.90 Å². The van der Waals surface area contributed by atoms with Crippen molar-refractivity contribution in [3.63, 3.8) is 0 Å². The van der Waals surface area contributed by atoms with E-state index in [1.54, 1.807) is 14.2 Å². The normalized spacial score (nSPS) is 27.8. The van der Waals surface area contributed by atoms with Crippen molar-refractivity contribution in [2.75, 3.05) is 60.6 Å². The molecule has 1 aromatic rings. The van der Waals surface area contributed by atoms with Gasteiger partial charge in [-0.25, -0.2) is 4.79 Å². The molecule has 3 unspecified atom stereocenters. The largest absolute Gasteiger partial charge is 0.493 e. The maximum absolute atomic E-state index is 13.0. The van der Waals surface area contributed by atoms with E-state index < -0.39 is 0 Å². The van der Waals surface area contributed by atoms with E-state index in [9.17, 15) is 4.79 Å². The van der Waals surface area contributed by atoms with Crippen LogP contribution in [0.1, 0.15) is 50.8 Å². The zero-order valence-electron chi connectivity index (χ0n) is 21.9. The number of piperazine rings is 1. The minimum absolute atomic E-state index is 0.151. The molecule has 0 saturated carbocycles. The summed E-state index contributed by atoms with van der Waals surface area (Å²) in [6, 6.07) is 4.84. The standard InChI is InChI=1S/C27H43N3O4/c1-18(2)11-21-16-29-8-7-20-13-25(32-5)26(33-6)14-23(20)24(29)12-22(21)17-34-27(31)30-10-9-28(4)15-19(30)3/h13-14,18-19,21-22,24H,7-12,15-17H2,1-6H3/t19-,21?,22?,24?/m1/s1. The average molecular weight is 474 g/mol. The monoisotopic (exact) mass is 473 g/mol. The molecule has 190 valence electrons. The van der Waals surface area contributed by atoms with Crippen molar-refractivity contribution < 1.29 is 19.0 Å². The van der Waals surface area contributed by atoms with Gasteiger partial charge in [-0.15, -0.1) is 0 Å². The molecule has 7 nitrogen and oxygen atoms in total. The summed E-state index contributed by atoms with van der Waals surface area (Å²) in [6.45, 7) is 11.9. The second kappa shape index (κ2) is 10.7. The number of hydrogen-bond donors (Lipinski definition) is 0. The van der Waals surface area contributed by atoms with Gasteiger partial charge in [0.2, 0.25) is 0 Å². The highest BCUT2D eigenvalue weighted by atomic mass is 16.6. The highest BCUT2D eigenvalue weighted by Gasteiger charge is 2.40. The molecule has 1 aromatic carbocycles. The van der Waals surface area contributed by atoms with Crippen molar-refractivity contribution in [3.05, 3.63) is 23.3 Å². The smallest absolute Gasteiger partial charge is 0.410 e. The van der Waals surface area contributed by atoms with Gasteiger partial charge in [-0.05, 0) is 74.2 Å². The molecule has 7 heteroatoms. The maximum atomic E-state index is 13.0. The number of carbonyl (C=O) groups is 1. The molecule has 0 aliphatic carbocycles. The molecule has 2 fully saturated rings. The summed E-state index contributed by atoms with van der Waals surface area (Å²) in [5.74, 6) is 3.11. The molecule has 0 bridgehead atoms. The van der Waals surface area contributed by atoms with Gasteiger partial charge in [0.15, 0.2) is 11.5 Å². The number of ether oxygens (including phenoxy) is 3. The Labute approximate surface area is 205 Å². The van der Waals surface area contributed by atoms with Crippen LogP contribution in [0.25, 0.3) is 0 Å². The Morgan fingerprint density at radius 2 is 1.79 bits per heavy atom. The van der Waals surface area contributed by atoms with E-state index in [1.165, 1.54) is 11.1 Å². The summed E-state index contributed by atoms with van der Waals surface area (Å²) in [4.78, 5) is 19.8. The van der Waals surface area contributed by atoms with Gasteiger partial charge in [0.1, 0.15) is 0 Å². The lowest BCUT2D eigenvalue weighted by atomic mass is 9.74. The third-order valence-electron chi connectivity index (χ3n) is 8.04. The topological polar surface area (TPSA) is 54.5 Å². The Bertz CT molecular complexity index is 861. The SMILES string of the molecule is COc1cc2c(cc1OC)C1CC(COC(=O)N3CCN(C)C[C@H]3C)C(CC(C)C)CN1CC2. The van der Waals surface area contributed by atoms with Crippen LogP contribution in [0.4, 0.5) is 4.79 Å². The van der Waals surface area contributed by atoms with Crippen molar-refractivity contribution in [1.29, 1.82) is 0 Å². The number of benzene rings is 1. The summed E-state index contributed by atoms with van der Waals surface area (Å²) in [5, 5.41) is 0. The molecular weight excluding hydrogens is 430 g/mol. The molecule has 3 aliphatic heterocycles. The number of methoxy groups -OCH3 is 2. The average Bonchev–Trinajstić information content (AvgIpc) is 2.81. The molecule has 0 radical (unpaired) electrons. The summed E-state index contributed by atoms with van der Waals surface area (Å²) in [7, 11) is 5.50. The van der Waals surface area contributed by atoms with Gasteiger partial charge < -0.3 is 24.0 Å². The van der Waals surface area contributed by atoms with Crippen LogP contribution in [0.15, 0.2) is 12.1 Å². The predicted molar refractivity (Wildman–Crippen MR) is 134 cm³/mol. The van der Waals surface area contributed by atoms with E-state index in [0.29, 0.717) is 30.4 Å². The van der Waals surface area contributed by atoms with Gasteiger partial charge in [0.25, 0.3) is 0 Å². The highest BCUT2D eigenvalue weighted by Crippen LogP contribution is 2.45. The number of rotatable bonds is 6. The lowest BCUT2D eigenvalue weighted by molar-refractivity contribution is -0.00158. The van der Waals surface area contributed by atoms with Crippen LogP contribution in [-0.4, -0.2) is 87.4 Å². The van der Waals surface area contributed by atoms with Gasteiger partial charge >= 0.3 is 6.09 Å². The number of carbonyl (C=O) groups excluding carboxylic acids is 1. The molecule has 2 saturated heterocycles. The van der Waals surface area contributed by atoms with E-state index in [0.717, 1.165) is 63.5 Å². The minimum Gasteiger partial charge on any atom is -0.493 e. The first kappa shape index (κ1) is 25.1. The molecule has 1 amide bonds. The number of fused-ring (bicyclic) bond motifs is 3. The Morgan fingerprint density at radius 3 is 2.47 bits per heavy atom. The number of hydrogen-bond acceptors (Lipinski definition) is 6. The second-order valence-electron chi connectivity index (χ2n) is 10.9. The molecule has 4 rings (SSSR count). The Balaban J connectivity index is 1.50. The van der Waals surface area contributed by atoms with Crippen molar-refractivity contribution in [1.82, 2.24) is 14.7 Å². The van der Waals surface area contributed by atoms with Gasteiger partial charge in [0.05, 0.1) is 20.8 Å². The van der Waals surface area contributed by atoms with Crippen LogP contribution < -0.4 is 9.47 Å². The Hall–Kier alpha value is -1.99. The van der Waals surface area contributed by atoms with E-state index in [2.05, 4.69) is 49.8 Å². The molecule has 0 spiro atoms. The molecule has 4 atom stereocenters. The number of nitrogens with zero attached hydrogens (tertiary/aromatic N) is 3. The van der Waals surface area contributed by atoms with Crippen molar-refractivity contribution in [2.24, 2.45) is 17.8 Å². The zero-order chi connectivity index (χ0) is 24.4. The fourth-order valence-electron chi connectivity index (χ4n) is 6.25. The van der Waals surface area contributed by atoms with Crippen LogP contribution in [-0.2, 0) is 11.2 Å². The molecule has 3 aliphatic rings. The maximum Gasteiger partial charge on any atom is 0.410 e. The highest BCUT2D eigenvalue weighted by molar-refractivity contribution is 5.68. The van der Waals surface area contributed by atoms with Crippen LogP contribution in [0, 0.1) is 17.8 Å². The van der Waals surface area contributed by atoms with Crippen LogP contribution in [0.5, 0.6) is 11.5 Å². The predicted octanol–water partition coefficient (Wildman–Crippen LogP) is 4.06. The summed E-state index contributed by atoms with van der Waals surface area (Å²) in [6.07, 6.45) is 3.05. The first-order valence-corrected chi connectivity index (χ1v) is 12.9. The van der Waals surface area contributed by atoms with E-state index >= 15 is 0 Å². The van der Waals surface area contributed by atoms with Gasteiger partial charge in [-0.2, -0.15) is 0 Å². The van der Waals surface area contributed by atoms with E-state index in [4.69, 9.17) is 14.2 Å². The molecule has 34 heavy (non-hydrogen) atoms. The van der Waals surface area contributed by atoms with Gasteiger partial charge in [0, 0.05) is 44.8 Å². The quantitative estimate of drug-likeness (QED) is 0.621. The number of piperidine rings is 1. The minimum atomic E-state index is -0.151. The Morgan fingerprint density at radius 1 is 1.06 bits per heavy atom. The Kier molecular flexibility index (Phi) is 7.93. The van der Waals surface area contributed by atoms with Crippen molar-refractivity contribution in [3.8, 4) is 11.5 Å². The number of amides is 1. The summed E-state index contributed by atoms with van der Waals surface area (Å²) >= 11 is 0. The van der Waals surface area contributed by atoms with E-state index in [-0.39, 0.29) is 12.1 Å². The third-order valence-corrected chi connectivity index (χ3v) is 8.04. The molecule has 0 aromatic heterocycles. The van der Waals surface area contributed by atoms with Crippen LogP contribution in [0.2, 0.25) is 0 Å². The van der Waals surface area contributed by atoms with E-state index in [1.807, 2.05) is 4.90 Å². The molecular formula is C27H43N3O4. The first-order valence-electron chi connectivity index (χ1n) is 12.9. The number of likely N-dealkylation sites (N-methyl/N-ethyl adjacent to an activating group) is 1. The lowest BCUT2D eigenvalue weighted by Crippen LogP contribution is -2.53. The summed E-state index contributed by atoms with van der Waals surface area (Å²) < 4.78 is 17.2. The van der Waals surface area contributed by atoms with Crippen LogP contribution >= 0.6 is 0 Å².